The first kappa shape index (κ1) is 12.0. The third-order valence-electron chi connectivity index (χ3n) is 2.07. The number of anilines is 1. The van der Waals surface area contributed by atoms with Crippen molar-refractivity contribution < 1.29 is 9.53 Å². The molecule has 0 atom stereocenters. The van der Waals surface area contributed by atoms with Gasteiger partial charge in [0.15, 0.2) is 10.8 Å². The van der Waals surface area contributed by atoms with Gasteiger partial charge in [-0.15, -0.1) is 22.7 Å². The van der Waals surface area contributed by atoms with Crippen molar-refractivity contribution in [3.05, 3.63) is 27.2 Å². The van der Waals surface area contributed by atoms with Crippen molar-refractivity contribution in [2.24, 2.45) is 0 Å². The van der Waals surface area contributed by atoms with Crippen molar-refractivity contribution in [3.63, 3.8) is 0 Å². The highest BCUT2D eigenvalue weighted by Gasteiger charge is 2.15. The molecule has 0 unspecified atom stereocenters. The molecule has 0 aliphatic carbocycles. The van der Waals surface area contributed by atoms with E-state index in [-0.39, 0.29) is 0 Å². The number of thiazole rings is 2. The van der Waals surface area contributed by atoms with Gasteiger partial charge in [0.1, 0.15) is 0 Å². The number of carbonyl (C=O) groups is 1. The lowest BCUT2D eigenvalue weighted by Gasteiger charge is -1.98. The molecular weight excluding hydrogens is 258 g/mol. The summed E-state index contributed by atoms with van der Waals surface area (Å²) in [5.41, 5.74) is 2.16. The van der Waals surface area contributed by atoms with Gasteiger partial charge in [0.05, 0.1) is 19.2 Å². The average molecular weight is 269 g/mol. The van der Waals surface area contributed by atoms with Crippen molar-refractivity contribution in [3.8, 4) is 0 Å². The number of ether oxygens (including phenoxy) is 1. The third kappa shape index (κ3) is 2.80. The van der Waals surface area contributed by atoms with E-state index in [0.29, 0.717) is 12.2 Å². The third-order valence-corrected chi connectivity index (χ3v) is 3.78. The molecule has 0 radical (unpaired) electrons. The zero-order valence-corrected chi connectivity index (χ0v) is 11.0. The van der Waals surface area contributed by atoms with E-state index < -0.39 is 5.97 Å². The predicted molar refractivity (Wildman–Crippen MR) is 67.6 cm³/mol. The van der Waals surface area contributed by atoms with Gasteiger partial charge in [0.25, 0.3) is 0 Å². The summed E-state index contributed by atoms with van der Waals surface area (Å²) in [6, 6.07) is 0. The molecule has 5 nitrogen and oxygen atoms in total. The molecule has 17 heavy (non-hydrogen) atoms. The van der Waals surface area contributed by atoms with Crippen LogP contribution in [0.5, 0.6) is 0 Å². The molecule has 0 fully saturated rings. The second-order valence-corrected chi connectivity index (χ2v) is 5.41. The van der Waals surface area contributed by atoms with Gasteiger partial charge in [-0.05, 0) is 6.92 Å². The van der Waals surface area contributed by atoms with Gasteiger partial charge >= 0.3 is 5.97 Å². The maximum atomic E-state index is 11.4. The molecule has 0 spiro atoms. The summed E-state index contributed by atoms with van der Waals surface area (Å²) >= 11 is 3.02. The summed E-state index contributed by atoms with van der Waals surface area (Å²) in [4.78, 5) is 21.5. The molecule has 2 aromatic heterocycles. The van der Waals surface area contributed by atoms with E-state index in [9.17, 15) is 4.79 Å². The molecule has 0 bridgehead atoms. The monoisotopic (exact) mass is 269 g/mol. The smallest absolute Gasteiger partial charge is 0.357 e. The first-order valence-corrected chi connectivity index (χ1v) is 6.57. The first-order valence-electron chi connectivity index (χ1n) is 4.87. The summed E-state index contributed by atoms with van der Waals surface area (Å²) in [6.07, 6.45) is 1.80. The van der Waals surface area contributed by atoms with E-state index in [1.54, 1.807) is 23.0 Å². The van der Waals surface area contributed by atoms with Crippen LogP contribution < -0.4 is 5.32 Å². The van der Waals surface area contributed by atoms with Crippen LogP contribution in [-0.4, -0.2) is 23.0 Å². The molecule has 2 rings (SSSR count). The van der Waals surface area contributed by atoms with Crippen LogP contribution >= 0.6 is 22.7 Å². The lowest BCUT2D eigenvalue weighted by molar-refractivity contribution is 0.0594. The number of esters is 1. The van der Waals surface area contributed by atoms with Crippen LogP contribution in [0.25, 0.3) is 0 Å². The first-order chi connectivity index (χ1) is 8.20. The van der Waals surface area contributed by atoms with Gasteiger partial charge in [-0.1, -0.05) is 0 Å². The number of nitrogens with one attached hydrogen (secondary N) is 1. The van der Waals surface area contributed by atoms with Crippen LogP contribution in [0.1, 0.15) is 20.2 Å². The Morgan fingerprint density at radius 3 is 3.06 bits per heavy atom. The van der Waals surface area contributed by atoms with E-state index in [4.69, 9.17) is 0 Å². The molecule has 0 aromatic carbocycles. The zero-order valence-electron chi connectivity index (χ0n) is 9.39. The fourth-order valence-corrected chi connectivity index (χ4v) is 2.58. The maximum absolute atomic E-state index is 11.4. The number of nitrogens with zero attached hydrogens (tertiary/aromatic N) is 2. The highest BCUT2D eigenvalue weighted by atomic mass is 32.1. The van der Waals surface area contributed by atoms with E-state index in [2.05, 4.69) is 20.0 Å². The Morgan fingerprint density at radius 1 is 1.59 bits per heavy atom. The lowest BCUT2D eigenvalue weighted by atomic mass is 10.4. The van der Waals surface area contributed by atoms with E-state index in [1.807, 2.05) is 6.92 Å². The van der Waals surface area contributed by atoms with Crippen molar-refractivity contribution in [2.45, 2.75) is 13.5 Å². The van der Waals surface area contributed by atoms with E-state index in [1.165, 1.54) is 18.4 Å². The van der Waals surface area contributed by atoms with E-state index in [0.717, 1.165) is 14.9 Å². The number of methoxy groups -OCH3 is 1. The second-order valence-electron chi connectivity index (χ2n) is 3.24. The van der Waals surface area contributed by atoms with Gasteiger partial charge in [-0.25, -0.2) is 9.78 Å². The van der Waals surface area contributed by atoms with Crippen molar-refractivity contribution >= 4 is 33.8 Å². The molecule has 90 valence electrons. The number of hydrogen-bond donors (Lipinski definition) is 1. The highest BCUT2D eigenvalue weighted by Crippen LogP contribution is 2.23. The van der Waals surface area contributed by atoms with Gasteiger partial charge in [0, 0.05) is 16.0 Å². The van der Waals surface area contributed by atoms with Crippen LogP contribution in [0.4, 0.5) is 5.13 Å². The zero-order chi connectivity index (χ0) is 12.3. The Labute approximate surface area is 106 Å². The summed E-state index contributed by atoms with van der Waals surface area (Å²) in [5, 5.41) is 3.88. The largest absolute Gasteiger partial charge is 0.464 e. The fourth-order valence-electron chi connectivity index (χ4n) is 1.25. The van der Waals surface area contributed by atoms with Crippen molar-refractivity contribution in [1.29, 1.82) is 0 Å². The Bertz CT molecular complexity index is 508. The summed E-state index contributed by atoms with van der Waals surface area (Å²) in [7, 11) is 1.35. The molecule has 0 saturated carbocycles. The summed E-state index contributed by atoms with van der Waals surface area (Å²) in [6.45, 7) is 2.51. The Morgan fingerprint density at radius 2 is 2.41 bits per heavy atom. The van der Waals surface area contributed by atoms with Crippen LogP contribution in [0.15, 0.2) is 11.7 Å². The molecule has 0 amide bonds. The minimum absolute atomic E-state index is 0.379. The van der Waals surface area contributed by atoms with Crippen LogP contribution in [-0.2, 0) is 11.3 Å². The molecule has 7 heteroatoms. The Hall–Kier alpha value is -1.47. The summed E-state index contributed by atoms with van der Waals surface area (Å²) < 4.78 is 4.65. The average Bonchev–Trinajstić information content (AvgIpc) is 2.94. The Balaban J connectivity index is 2.05. The number of aromatic nitrogens is 2. The molecule has 1 N–H and O–H groups in total. The minimum atomic E-state index is -0.399. The molecule has 2 heterocycles. The minimum Gasteiger partial charge on any atom is -0.464 e. The molecule has 0 aliphatic rings. The molecule has 0 saturated heterocycles. The van der Waals surface area contributed by atoms with Crippen molar-refractivity contribution in [1.82, 2.24) is 9.97 Å². The molecule has 2 aromatic rings. The quantitative estimate of drug-likeness (QED) is 0.863. The van der Waals surface area contributed by atoms with Gasteiger partial charge in [-0.2, -0.15) is 0 Å². The fraction of sp³-hybridized carbons (Fsp3) is 0.300. The van der Waals surface area contributed by atoms with Crippen molar-refractivity contribution in [2.75, 3.05) is 12.4 Å². The van der Waals surface area contributed by atoms with Crippen LogP contribution in [0, 0.1) is 6.92 Å². The Kier molecular flexibility index (Phi) is 3.70. The van der Waals surface area contributed by atoms with Crippen LogP contribution in [0.2, 0.25) is 0 Å². The predicted octanol–water partition coefficient (Wildman–Crippen LogP) is 2.31. The normalized spacial score (nSPS) is 10.2. The summed E-state index contributed by atoms with van der Waals surface area (Å²) in [5.74, 6) is -0.399. The lowest BCUT2D eigenvalue weighted by Crippen LogP contribution is -2.04. The molecular formula is C10H11N3O2S2. The number of rotatable bonds is 4. The van der Waals surface area contributed by atoms with Gasteiger partial charge in [-0.3, -0.25) is 4.98 Å². The number of hydrogen-bond acceptors (Lipinski definition) is 7. The standard InChI is InChI=1S/C10H11N3O2S2/c1-6-8(9(14)15-2)13-10(17-6)12-4-7-3-11-5-16-7/h3,5H,4H2,1-2H3,(H,12,13). The highest BCUT2D eigenvalue weighted by molar-refractivity contribution is 7.15. The van der Waals surface area contributed by atoms with Gasteiger partial charge in [0.2, 0.25) is 0 Å². The van der Waals surface area contributed by atoms with Crippen LogP contribution in [0.3, 0.4) is 0 Å². The SMILES string of the molecule is COC(=O)c1nc(NCc2cncs2)sc1C. The molecule has 0 aliphatic heterocycles. The van der Waals surface area contributed by atoms with Gasteiger partial charge < -0.3 is 10.1 Å². The van der Waals surface area contributed by atoms with E-state index >= 15 is 0 Å². The maximum Gasteiger partial charge on any atom is 0.357 e. The second kappa shape index (κ2) is 5.24. The number of aryl methyl sites for hydroxylation is 1. The number of carbonyl (C=O) groups excluding carboxylic acids is 1. The topological polar surface area (TPSA) is 64.1 Å².